The van der Waals surface area contributed by atoms with Crippen molar-refractivity contribution in [3.63, 3.8) is 0 Å². The lowest BCUT2D eigenvalue weighted by Gasteiger charge is -2.23. The number of amides is 1. The van der Waals surface area contributed by atoms with Gasteiger partial charge in [-0.05, 0) is 37.6 Å². The number of aromatic nitrogens is 1. The highest BCUT2D eigenvalue weighted by Crippen LogP contribution is 2.21. The van der Waals surface area contributed by atoms with Crippen molar-refractivity contribution in [2.45, 2.75) is 25.4 Å². The third kappa shape index (κ3) is 2.49. The summed E-state index contributed by atoms with van der Waals surface area (Å²) >= 11 is 0. The number of fused-ring (bicyclic) bond motifs is 1. The highest BCUT2D eigenvalue weighted by Gasteiger charge is 2.31. The first-order valence-electron chi connectivity index (χ1n) is 6.58. The van der Waals surface area contributed by atoms with Crippen LogP contribution in [0.5, 0.6) is 0 Å². The Morgan fingerprint density at radius 2 is 2.20 bits per heavy atom. The number of nitrogens with zero attached hydrogens (tertiary/aromatic N) is 2. The molecule has 20 heavy (non-hydrogen) atoms. The Bertz CT molecular complexity index is 631. The predicted molar refractivity (Wildman–Crippen MR) is 82.1 cm³/mol. The monoisotopic (exact) mass is 291 g/mol. The molecule has 1 aliphatic heterocycles. The zero-order valence-electron chi connectivity index (χ0n) is 11.3. The summed E-state index contributed by atoms with van der Waals surface area (Å²) < 4.78 is 0. The summed E-state index contributed by atoms with van der Waals surface area (Å²) in [5, 5.41) is 0.990. The first kappa shape index (κ1) is 14.8. The fraction of sp³-hybridized carbons (Fsp3) is 0.333. The Morgan fingerprint density at radius 1 is 1.40 bits per heavy atom. The molecule has 1 aromatic heterocycles. The Morgan fingerprint density at radius 3 is 2.90 bits per heavy atom. The zero-order valence-corrected chi connectivity index (χ0v) is 12.1. The summed E-state index contributed by atoms with van der Waals surface area (Å²) in [5.41, 5.74) is 7.59. The second-order valence-corrected chi connectivity index (χ2v) is 5.10. The van der Waals surface area contributed by atoms with Crippen molar-refractivity contribution in [2.75, 3.05) is 6.54 Å². The second kappa shape index (κ2) is 5.77. The van der Waals surface area contributed by atoms with Gasteiger partial charge in [-0.2, -0.15) is 0 Å². The highest BCUT2D eigenvalue weighted by atomic mass is 35.5. The summed E-state index contributed by atoms with van der Waals surface area (Å²) in [6, 6.07) is 9.69. The maximum absolute atomic E-state index is 12.5. The molecule has 0 aliphatic carbocycles. The normalized spacial score (nSPS) is 21.8. The second-order valence-electron chi connectivity index (χ2n) is 5.10. The van der Waals surface area contributed by atoms with Gasteiger partial charge in [-0.15, -0.1) is 12.4 Å². The van der Waals surface area contributed by atoms with E-state index in [1.807, 2.05) is 42.2 Å². The number of nitrogens with two attached hydrogens (primary N) is 1. The number of hydrogen-bond acceptors (Lipinski definition) is 3. The van der Waals surface area contributed by atoms with Gasteiger partial charge in [0, 0.05) is 35.8 Å². The number of rotatable bonds is 1. The minimum atomic E-state index is 0. The van der Waals surface area contributed by atoms with E-state index in [4.69, 9.17) is 5.73 Å². The number of benzene rings is 1. The minimum Gasteiger partial charge on any atom is -0.334 e. The van der Waals surface area contributed by atoms with E-state index in [0.717, 1.165) is 23.9 Å². The van der Waals surface area contributed by atoms with Crippen LogP contribution in [0.4, 0.5) is 0 Å². The van der Waals surface area contributed by atoms with Crippen LogP contribution in [0.2, 0.25) is 0 Å². The van der Waals surface area contributed by atoms with E-state index in [0.29, 0.717) is 5.56 Å². The van der Waals surface area contributed by atoms with Gasteiger partial charge in [0.1, 0.15) is 0 Å². The van der Waals surface area contributed by atoms with E-state index >= 15 is 0 Å². The first-order valence-corrected chi connectivity index (χ1v) is 6.58. The smallest absolute Gasteiger partial charge is 0.254 e. The maximum atomic E-state index is 12.5. The number of carbonyl (C=O) groups excluding carboxylic acids is 1. The Kier molecular flexibility index (Phi) is 4.26. The van der Waals surface area contributed by atoms with Gasteiger partial charge < -0.3 is 10.6 Å². The Hall–Kier alpha value is -1.65. The lowest BCUT2D eigenvalue weighted by Crippen LogP contribution is -2.40. The van der Waals surface area contributed by atoms with Crippen molar-refractivity contribution in [1.82, 2.24) is 9.88 Å². The van der Waals surface area contributed by atoms with Crippen molar-refractivity contribution in [3.8, 4) is 0 Å². The van der Waals surface area contributed by atoms with Crippen molar-refractivity contribution in [2.24, 2.45) is 5.73 Å². The van der Waals surface area contributed by atoms with E-state index in [9.17, 15) is 4.79 Å². The molecule has 0 spiro atoms. The first-order chi connectivity index (χ1) is 9.16. The van der Waals surface area contributed by atoms with Gasteiger partial charge in [-0.3, -0.25) is 9.78 Å². The molecule has 1 aliphatic rings. The third-order valence-corrected chi connectivity index (χ3v) is 3.93. The number of pyridine rings is 1. The van der Waals surface area contributed by atoms with Gasteiger partial charge in [-0.25, -0.2) is 0 Å². The molecule has 2 unspecified atom stereocenters. The van der Waals surface area contributed by atoms with Crippen LogP contribution in [-0.2, 0) is 0 Å². The topological polar surface area (TPSA) is 59.2 Å². The Labute approximate surface area is 124 Å². The number of likely N-dealkylation sites (tertiary alicyclic amines) is 1. The molecular formula is C15H18ClN3O. The van der Waals surface area contributed by atoms with Crippen LogP contribution >= 0.6 is 12.4 Å². The van der Waals surface area contributed by atoms with Gasteiger partial charge in [0.25, 0.3) is 5.91 Å². The van der Waals surface area contributed by atoms with E-state index in [1.54, 1.807) is 6.20 Å². The summed E-state index contributed by atoms with van der Waals surface area (Å²) in [7, 11) is 0. The molecule has 2 N–H and O–H groups in total. The zero-order chi connectivity index (χ0) is 13.4. The predicted octanol–water partition coefficient (Wildman–Crippen LogP) is 2.22. The fourth-order valence-corrected chi connectivity index (χ4v) is 2.63. The highest BCUT2D eigenvalue weighted by molar-refractivity contribution is 5.98. The molecule has 0 radical (unpaired) electrons. The standard InChI is InChI=1S/C15H17N3O.ClH/c1-10-13(16)6-8-18(10)15(19)12-4-5-14-11(9-12)3-2-7-17-14;/h2-5,7,9-10,13H,6,8,16H2,1H3;1H. The molecule has 1 saturated heterocycles. The average molecular weight is 292 g/mol. The van der Waals surface area contributed by atoms with Gasteiger partial charge in [0.05, 0.1) is 5.52 Å². The van der Waals surface area contributed by atoms with Crippen molar-refractivity contribution >= 4 is 29.2 Å². The van der Waals surface area contributed by atoms with Gasteiger partial charge in [0.2, 0.25) is 0 Å². The summed E-state index contributed by atoms with van der Waals surface area (Å²) in [5.74, 6) is 0.0613. The van der Waals surface area contributed by atoms with Crippen molar-refractivity contribution in [1.29, 1.82) is 0 Å². The molecule has 1 fully saturated rings. The van der Waals surface area contributed by atoms with E-state index in [2.05, 4.69) is 4.98 Å². The summed E-state index contributed by atoms with van der Waals surface area (Å²) in [6.45, 7) is 2.75. The third-order valence-electron chi connectivity index (χ3n) is 3.93. The average Bonchev–Trinajstić information content (AvgIpc) is 2.78. The largest absolute Gasteiger partial charge is 0.334 e. The molecule has 5 heteroatoms. The molecule has 2 heterocycles. The van der Waals surface area contributed by atoms with Crippen LogP contribution in [-0.4, -0.2) is 34.4 Å². The molecule has 0 saturated carbocycles. The number of hydrogen-bond donors (Lipinski definition) is 1. The van der Waals surface area contributed by atoms with E-state index in [-0.39, 0.29) is 30.4 Å². The lowest BCUT2D eigenvalue weighted by atomic mass is 10.1. The van der Waals surface area contributed by atoms with Crippen LogP contribution in [0.15, 0.2) is 36.5 Å². The molecule has 1 amide bonds. The summed E-state index contributed by atoms with van der Waals surface area (Å²) in [6.07, 6.45) is 2.63. The maximum Gasteiger partial charge on any atom is 0.254 e. The van der Waals surface area contributed by atoms with Crippen LogP contribution in [0.3, 0.4) is 0 Å². The summed E-state index contributed by atoms with van der Waals surface area (Å²) in [4.78, 5) is 18.6. The van der Waals surface area contributed by atoms with Gasteiger partial charge in [0.15, 0.2) is 0 Å². The van der Waals surface area contributed by atoms with Crippen LogP contribution in [0.25, 0.3) is 10.9 Å². The molecule has 2 aromatic rings. The van der Waals surface area contributed by atoms with E-state index < -0.39 is 0 Å². The van der Waals surface area contributed by atoms with Crippen molar-refractivity contribution < 1.29 is 4.79 Å². The van der Waals surface area contributed by atoms with Crippen LogP contribution < -0.4 is 5.73 Å². The minimum absolute atomic E-state index is 0. The Balaban J connectivity index is 0.00000147. The molecule has 2 atom stereocenters. The molecule has 4 nitrogen and oxygen atoms in total. The quantitative estimate of drug-likeness (QED) is 0.876. The molecule has 106 valence electrons. The molecular weight excluding hydrogens is 274 g/mol. The fourth-order valence-electron chi connectivity index (χ4n) is 2.63. The van der Waals surface area contributed by atoms with E-state index in [1.165, 1.54) is 0 Å². The van der Waals surface area contributed by atoms with Crippen molar-refractivity contribution in [3.05, 3.63) is 42.1 Å². The van der Waals surface area contributed by atoms with Crippen LogP contribution in [0, 0.1) is 0 Å². The number of carbonyl (C=O) groups is 1. The molecule has 3 rings (SSSR count). The lowest BCUT2D eigenvalue weighted by molar-refractivity contribution is 0.0742. The number of halogens is 1. The van der Waals surface area contributed by atoms with Gasteiger partial charge >= 0.3 is 0 Å². The van der Waals surface area contributed by atoms with Crippen LogP contribution in [0.1, 0.15) is 23.7 Å². The SMILES string of the molecule is CC1C(N)CCN1C(=O)c1ccc2ncccc2c1.Cl. The molecule has 1 aromatic carbocycles. The molecule has 0 bridgehead atoms. The van der Waals surface area contributed by atoms with Gasteiger partial charge in [-0.1, -0.05) is 6.07 Å².